The Morgan fingerprint density at radius 1 is 1.33 bits per heavy atom. The second kappa shape index (κ2) is 6.06. The number of nitro benzene ring substituents is 1. The van der Waals surface area contributed by atoms with Gasteiger partial charge in [0.15, 0.2) is 0 Å². The lowest BCUT2D eigenvalue weighted by atomic mass is 9.94. The molecule has 1 N–H and O–H groups in total. The average molecular weight is 432 g/mol. The van der Waals surface area contributed by atoms with Crippen LogP contribution in [0.5, 0.6) is 0 Å². The molecule has 0 spiro atoms. The lowest BCUT2D eigenvalue weighted by Gasteiger charge is -2.24. The first-order valence-electron chi connectivity index (χ1n) is 6.53. The molecule has 2 aromatic rings. The van der Waals surface area contributed by atoms with E-state index in [1.807, 2.05) is 6.07 Å². The van der Waals surface area contributed by atoms with Crippen molar-refractivity contribution in [1.82, 2.24) is 0 Å². The normalized spacial score (nSPS) is 17.3. The molecule has 21 heavy (non-hydrogen) atoms. The van der Waals surface area contributed by atoms with Crippen LogP contribution < -0.4 is 5.32 Å². The number of nitrogens with zero attached hydrogens (tertiary/aromatic N) is 1. The Hall–Kier alpha value is -0.920. The number of hydrogen-bond donors (Lipinski definition) is 1. The number of fused-ring (bicyclic) bond motifs is 1. The lowest BCUT2D eigenvalue weighted by Crippen LogP contribution is -2.16. The van der Waals surface area contributed by atoms with E-state index in [2.05, 4.69) is 43.2 Å². The van der Waals surface area contributed by atoms with Gasteiger partial charge in [-0.2, -0.15) is 0 Å². The summed E-state index contributed by atoms with van der Waals surface area (Å²) in [6.45, 7) is 0. The zero-order valence-corrected chi connectivity index (χ0v) is 14.9. The predicted octanol–water partition coefficient (Wildman–Crippen LogP) is 5.67. The van der Waals surface area contributed by atoms with Gasteiger partial charge < -0.3 is 5.32 Å². The molecule has 1 aromatic heterocycles. The SMILES string of the molecule is O=[N+]([O-])c1cc(Br)ccc1NC1CCCc2sc(Br)cc21. The Morgan fingerprint density at radius 2 is 2.14 bits per heavy atom. The first-order valence-corrected chi connectivity index (χ1v) is 8.93. The van der Waals surface area contributed by atoms with Gasteiger partial charge >= 0.3 is 0 Å². The van der Waals surface area contributed by atoms with Crippen molar-refractivity contribution in [1.29, 1.82) is 0 Å². The largest absolute Gasteiger partial charge is 0.373 e. The Kier molecular flexibility index (Phi) is 4.33. The molecule has 0 bridgehead atoms. The number of halogens is 2. The molecule has 7 heteroatoms. The van der Waals surface area contributed by atoms with Crippen molar-refractivity contribution in [2.75, 3.05) is 5.32 Å². The van der Waals surface area contributed by atoms with E-state index < -0.39 is 0 Å². The van der Waals surface area contributed by atoms with Gasteiger partial charge in [-0.25, -0.2) is 0 Å². The van der Waals surface area contributed by atoms with Gasteiger partial charge in [-0.15, -0.1) is 11.3 Å². The number of hydrogen-bond acceptors (Lipinski definition) is 4. The fourth-order valence-corrected chi connectivity index (χ4v) is 4.81. The van der Waals surface area contributed by atoms with E-state index in [4.69, 9.17) is 0 Å². The van der Waals surface area contributed by atoms with E-state index >= 15 is 0 Å². The highest BCUT2D eigenvalue weighted by Gasteiger charge is 2.25. The molecule has 0 amide bonds. The van der Waals surface area contributed by atoms with Crippen molar-refractivity contribution in [3.63, 3.8) is 0 Å². The highest BCUT2D eigenvalue weighted by atomic mass is 79.9. The summed E-state index contributed by atoms with van der Waals surface area (Å²) < 4.78 is 1.83. The second-order valence-corrected chi connectivity index (χ2v) is 8.37. The topological polar surface area (TPSA) is 55.2 Å². The highest BCUT2D eigenvalue weighted by molar-refractivity contribution is 9.11. The third-order valence-corrected chi connectivity index (χ3v) is 5.78. The molecule has 0 aliphatic heterocycles. The monoisotopic (exact) mass is 430 g/mol. The van der Waals surface area contributed by atoms with Gasteiger partial charge in [0, 0.05) is 15.4 Å². The predicted molar refractivity (Wildman–Crippen MR) is 92.1 cm³/mol. The molecule has 0 radical (unpaired) electrons. The van der Waals surface area contributed by atoms with E-state index in [0.717, 1.165) is 23.0 Å². The number of benzene rings is 1. The molecule has 110 valence electrons. The molecule has 3 rings (SSSR count). The number of nitro groups is 1. The summed E-state index contributed by atoms with van der Waals surface area (Å²) in [5.74, 6) is 0. The van der Waals surface area contributed by atoms with Crippen LogP contribution in [0.4, 0.5) is 11.4 Å². The summed E-state index contributed by atoms with van der Waals surface area (Å²) in [4.78, 5) is 12.2. The summed E-state index contributed by atoms with van der Waals surface area (Å²) in [6, 6.07) is 7.38. The molecule has 1 heterocycles. The molecule has 1 aromatic carbocycles. The van der Waals surface area contributed by atoms with E-state index in [9.17, 15) is 10.1 Å². The van der Waals surface area contributed by atoms with Crippen LogP contribution in [0.15, 0.2) is 32.5 Å². The Balaban J connectivity index is 1.93. The molecule has 0 saturated carbocycles. The van der Waals surface area contributed by atoms with Crippen molar-refractivity contribution >= 4 is 54.6 Å². The smallest absolute Gasteiger partial charge is 0.293 e. The zero-order valence-electron chi connectivity index (χ0n) is 10.9. The van der Waals surface area contributed by atoms with Crippen LogP contribution in [0.2, 0.25) is 0 Å². The number of nitrogens with one attached hydrogen (secondary N) is 1. The van der Waals surface area contributed by atoms with Gasteiger partial charge in [-0.1, -0.05) is 15.9 Å². The van der Waals surface area contributed by atoms with Gasteiger partial charge in [-0.3, -0.25) is 10.1 Å². The number of aryl methyl sites for hydroxylation is 1. The van der Waals surface area contributed by atoms with Crippen LogP contribution in [0.25, 0.3) is 0 Å². The molecule has 4 nitrogen and oxygen atoms in total. The van der Waals surface area contributed by atoms with Gasteiger partial charge in [0.1, 0.15) is 5.69 Å². The van der Waals surface area contributed by atoms with Crippen LogP contribution in [0.1, 0.15) is 29.3 Å². The standard InChI is InChI=1S/C14H12Br2N2O2S/c15-8-4-5-11(12(6-8)18(19)20)17-10-2-1-3-13-9(10)7-14(16)21-13/h4-7,10,17H,1-3H2. The molecular formula is C14H12Br2N2O2S. The maximum atomic E-state index is 11.2. The molecule has 1 aliphatic carbocycles. The van der Waals surface area contributed by atoms with Crippen LogP contribution in [0, 0.1) is 10.1 Å². The van der Waals surface area contributed by atoms with E-state index in [-0.39, 0.29) is 16.7 Å². The second-order valence-electron chi connectivity index (χ2n) is 4.94. The van der Waals surface area contributed by atoms with Crippen molar-refractivity contribution in [3.05, 3.63) is 53.1 Å². The van der Waals surface area contributed by atoms with E-state index in [1.165, 1.54) is 16.5 Å². The summed E-state index contributed by atoms with van der Waals surface area (Å²) >= 11 is 8.56. The van der Waals surface area contributed by atoms with Crippen molar-refractivity contribution < 1.29 is 4.92 Å². The molecular weight excluding hydrogens is 420 g/mol. The third kappa shape index (κ3) is 3.14. The minimum Gasteiger partial charge on any atom is -0.373 e. The first kappa shape index (κ1) is 15.0. The summed E-state index contributed by atoms with van der Waals surface area (Å²) in [5.41, 5.74) is 1.93. The van der Waals surface area contributed by atoms with Crippen LogP contribution in [0.3, 0.4) is 0 Å². The minimum atomic E-state index is -0.347. The van der Waals surface area contributed by atoms with E-state index in [0.29, 0.717) is 10.2 Å². The first-order chi connectivity index (χ1) is 10.0. The summed E-state index contributed by atoms with van der Waals surface area (Å²) in [6.07, 6.45) is 3.18. The molecule has 1 aliphatic rings. The van der Waals surface area contributed by atoms with Crippen LogP contribution in [-0.2, 0) is 6.42 Å². The third-order valence-electron chi connectivity index (χ3n) is 3.57. The number of anilines is 1. The number of thiophene rings is 1. The van der Waals surface area contributed by atoms with Gasteiger partial charge in [0.25, 0.3) is 5.69 Å². The Bertz CT molecular complexity index is 702. The molecule has 0 fully saturated rings. The molecule has 1 unspecified atom stereocenters. The molecule has 0 saturated heterocycles. The average Bonchev–Trinajstić information content (AvgIpc) is 2.82. The Labute approximate surface area is 143 Å². The Morgan fingerprint density at radius 3 is 2.90 bits per heavy atom. The quantitative estimate of drug-likeness (QED) is 0.503. The fourth-order valence-electron chi connectivity index (χ4n) is 2.64. The van der Waals surface area contributed by atoms with Crippen molar-refractivity contribution in [2.24, 2.45) is 0 Å². The fraction of sp³-hybridized carbons (Fsp3) is 0.286. The minimum absolute atomic E-state index is 0.103. The van der Waals surface area contributed by atoms with Crippen LogP contribution >= 0.6 is 43.2 Å². The maximum Gasteiger partial charge on any atom is 0.293 e. The highest BCUT2D eigenvalue weighted by Crippen LogP contribution is 2.41. The number of rotatable bonds is 3. The van der Waals surface area contributed by atoms with Crippen molar-refractivity contribution in [2.45, 2.75) is 25.3 Å². The summed E-state index contributed by atoms with van der Waals surface area (Å²) in [5, 5.41) is 14.6. The van der Waals surface area contributed by atoms with E-state index in [1.54, 1.807) is 17.4 Å². The maximum absolute atomic E-state index is 11.2. The van der Waals surface area contributed by atoms with Crippen LogP contribution in [-0.4, -0.2) is 4.92 Å². The zero-order chi connectivity index (χ0) is 15.0. The lowest BCUT2D eigenvalue weighted by molar-refractivity contribution is -0.384. The summed E-state index contributed by atoms with van der Waals surface area (Å²) in [7, 11) is 0. The van der Waals surface area contributed by atoms with Crippen molar-refractivity contribution in [3.8, 4) is 0 Å². The van der Waals surface area contributed by atoms with Gasteiger partial charge in [0.2, 0.25) is 0 Å². The van der Waals surface area contributed by atoms with Gasteiger partial charge in [0.05, 0.1) is 14.8 Å². The van der Waals surface area contributed by atoms with Gasteiger partial charge in [-0.05, 0) is 59.0 Å². The molecule has 1 atom stereocenters.